The molecule has 110 valence electrons. The fraction of sp³-hybridized carbons (Fsp3) is 0.350. The van der Waals surface area contributed by atoms with Gasteiger partial charge in [0.05, 0.1) is 0 Å². The lowest BCUT2D eigenvalue weighted by molar-refractivity contribution is 0.0993. The number of benzene rings is 2. The van der Waals surface area contributed by atoms with Crippen LogP contribution in [-0.2, 0) is 12.8 Å². The van der Waals surface area contributed by atoms with Gasteiger partial charge >= 0.3 is 0 Å². The molecular formula is C20H24O. The van der Waals surface area contributed by atoms with E-state index in [2.05, 4.69) is 26.0 Å². The summed E-state index contributed by atoms with van der Waals surface area (Å²) in [5, 5.41) is 0. The second-order valence-electron chi connectivity index (χ2n) is 5.83. The molecule has 0 aliphatic carbocycles. The molecule has 0 spiro atoms. The molecule has 1 atom stereocenters. The van der Waals surface area contributed by atoms with Crippen molar-refractivity contribution >= 4 is 5.78 Å². The van der Waals surface area contributed by atoms with Crippen molar-refractivity contribution in [3.8, 4) is 0 Å². The Labute approximate surface area is 128 Å². The van der Waals surface area contributed by atoms with Gasteiger partial charge in [0.2, 0.25) is 0 Å². The van der Waals surface area contributed by atoms with Crippen LogP contribution in [0.1, 0.15) is 48.2 Å². The Kier molecular flexibility index (Phi) is 5.74. The molecule has 0 amide bonds. The summed E-state index contributed by atoms with van der Waals surface area (Å²) in [5.41, 5.74) is 3.21. The van der Waals surface area contributed by atoms with Gasteiger partial charge in [-0.2, -0.15) is 0 Å². The molecule has 0 bridgehead atoms. The minimum atomic E-state index is 0.190. The summed E-state index contributed by atoms with van der Waals surface area (Å²) in [5.74, 6) is 0.957. The Bertz CT molecular complexity index is 554. The third-order valence-corrected chi connectivity index (χ3v) is 4.11. The summed E-state index contributed by atoms with van der Waals surface area (Å²) in [7, 11) is 0. The number of carbonyl (C=O) groups is 1. The smallest absolute Gasteiger partial charge is 0.167 e. The molecule has 0 N–H and O–H groups in total. The van der Waals surface area contributed by atoms with Crippen LogP contribution in [0.5, 0.6) is 0 Å². The van der Waals surface area contributed by atoms with Gasteiger partial charge in [0.1, 0.15) is 0 Å². The maximum Gasteiger partial charge on any atom is 0.167 e. The highest BCUT2D eigenvalue weighted by molar-refractivity contribution is 5.97. The molecule has 2 aromatic rings. The van der Waals surface area contributed by atoms with Crippen LogP contribution in [-0.4, -0.2) is 5.78 Å². The SMILES string of the molecule is CCC(C)CCc1ccc(C(=O)Cc2ccccc2)cc1. The quantitative estimate of drug-likeness (QED) is 0.646. The first-order valence-electron chi connectivity index (χ1n) is 7.85. The van der Waals surface area contributed by atoms with Crippen LogP contribution in [0.25, 0.3) is 0 Å². The van der Waals surface area contributed by atoms with Crippen molar-refractivity contribution in [2.75, 3.05) is 0 Å². The second kappa shape index (κ2) is 7.78. The molecule has 0 radical (unpaired) electrons. The number of hydrogen-bond donors (Lipinski definition) is 0. The van der Waals surface area contributed by atoms with Gasteiger partial charge in [0.25, 0.3) is 0 Å². The van der Waals surface area contributed by atoms with Crippen molar-refractivity contribution < 1.29 is 4.79 Å². The van der Waals surface area contributed by atoms with Gasteiger partial charge in [-0.1, -0.05) is 74.9 Å². The first-order valence-corrected chi connectivity index (χ1v) is 7.85. The fourth-order valence-corrected chi connectivity index (χ4v) is 2.36. The number of hydrogen-bond acceptors (Lipinski definition) is 1. The lowest BCUT2D eigenvalue weighted by Crippen LogP contribution is -2.03. The first kappa shape index (κ1) is 15.5. The number of rotatable bonds is 7. The van der Waals surface area contributed by atoms with Crippen molar-refractivity contribution in [1.29, 1.82) is 0 Å². The van der Waals surface area contributed by atoms with E-state index in [9.17, 15) is 4.79 Å². The molecule has 0 heterocycles. The van der Waals surface area contributed by atoms with Gasteiger partial charge in [0, 0.05) is 12.0 Å². The molecule has 0 aliphatic rings. The Balaban J connectivity index is 1.94. The van der Waals surface area contributed by atoms with E-state index in [1.54, 1.807) is 0 Å². The third kappa shape index (κ3) is 4.86. The number of ketones is 1. The van der Waals surface area contributed by atoms with Crippen LogP contribution < -0.4 is 0 Å². The summed E-state index contributed by atoms with van der Waals surface area (Å²) in [6.45, 7) is 4.52. The maximum atomic E-state index is 12.2. The van der Waals surface area contributed by atoms with E-state index in [0.717, 1.165) is 23.5 Å². The van der Waals surface area contributed by atoms with Gasteiger partial charge in [-0.05, 0) is 29.9 Å². The van der Waals surface area contributed by atoms with Crippen molar-refractivity contribution in [2.24, 2.45) is 5.92 Å². The molecule has 1 unspecified atom stereocenters. The van der Waals surface area contributed by atoms with E-state index in [-0.39, 0.29) is 5.78 Å². The molecule has 2 aromatic carbocycles. The largest absolute Gasteiger partial charge is 0.294 e. The first-order chi connectivity index (χ1) is 10.2. The standard InChI is InChI=1S/C20H24O/c1-3-16(2)9-10-17-11-13-19(14-12-17)20(21)15-18-7-5-4-6-8-18/h4-8,11-14,16H,3,9-10,15H2,1-2H3. The Hall–Kier alpha value is -1.89. The lowest BCUT2D eigenvalue weighted by atomic mass is 9.97. The molecular weight excluding hydrogens is 256 g/mol. The fourth-order valence-electron chi connectivity index (χ4n) is 2.36. The van der Waals surface area contributed by atoms with Crippen LogP contribution in [0.4, 0.5) is 0 Å². The highest BCUT2D eigenvalue weighted by Gasteiger charge is 2.07. The van der Waals surface area contributed by atoms with Crippen molar-refractivity contribution in [3.05, 3.63) is 71.3 Å². The molecule has 1 heteroatoms. The van der Waals surface area contributed by atoms with Crippen LogP contribution in [0.2, 0.25) is 0 Å². The van der Waals surface area contributed by atoms with E-state index in [1.165, 1.54) is 18.4 Å². The molecule has 0 saturated carbocycles. The average Bonchev–Trinajstić information content (AvgIpc) is 2.54. The monoisotopic (exact) mass is 280 g/mol. The molecule has 0 saturated heterocycles. The maximum absolute atomic E-state index is 12.2. The number of Topliss-reactive ketones (excluding diaryl/α,β-unsaturated/α-hetero) is 1. The van der Waals surface area contributed by atoms with Gasteiger partial charge in [0.15, 0.2) is 5.78 Å². The normalized spacial score (nSPS) is 12.1. The Morgan fingerprint density at radius 2 is 1.62 bits per heavy atom. The van der Waals surface area contributed by atoms with Crippen LogP contribution in [0.15, 0.2) is 54.6 Å². The number of aryl methyl sites for hydroxylation is 1. The summed E-state index contributed by atoms with van der Waals surface area (Å²) < 4.78 is 0. The lowest BCUT2D eigenvalue weighted by Gasteiger charge is -2.08. The van der Waals surface area contributed by atoms with Gasteiger partial charge in [-0.25, -0.2) is 0 Å². The zero-order valence-electron chi connectivity index (χ0n) is 13.0. The summed E-state index contributed by atoms with van der Waals surface area (Å²) in [4.78, 5) is 12.2. The summed E-state index contributed by atoms with van der Waals surface area (Å²) in [6, 6.07) is 18.0. The van der Waals surface area contributed by atoms with Crippen LogP contribution in [0, 0.1) is 5.92 Å². The van der Waals surface area contributed by atoms with Crippen molar-refractivity contribution in [1.82, 2.24) is 0 Å². The van der Waals surface area contributed by atoms with Gasteiger partial charge in [-0.3, -0.25) is 4.79 Å². The van der Waals surface area contributed by atoms with Crippen LogP contribution in [0.3, 0.4) is 0 Å². The van der Waals surface area contributed by atoms with Gasteiger partial charge in [-0.15, -0.1) is 0 Å². The minimum absolute atomic E-state index is 0.190. The van der Waals surface area contributed by atoms with Crippen molar-refractivity contribution in [2.45, 2.75) is 39.5 Å². The molecule has 0 aromatic heterocycles. The van der Waals surface area contributed by atoms with E-state index in [4.69, 9.17) is 0 Å². The third-order valence-electron chi connectivity index (χ3n) is 4.11. The van der Waals surface area contributed by atoms with Crippen molar-refractivity contribution in [3.63, 3.8) is 0 Å². The van der Waals surface area contributed by atoms with Crippen LogP contribution >= 0.6 is 0 Å². The zero-order chi connectivity index (χ0) is 15.1. The molecule has 0 fully saturated rings. The molecule has 0 aliphatic heterocycles. The minimum Gasteiger partial charge on any atom is -0.294 e. The predicted molar refractivity (Wildman–Crippen MR) is 88.7 cm³/mol. The van der Waals surface area contributed by atoms with E-state index in [0.29, 0.717) is 6.42 Å². The van der Waals surface area contributed by atoms with E-state index < -0.39 is 0 Å². The zero-order valence-corrected chi connectivity index (χ0v) is 13.0. The van der Waals surface area contributed by atoms with E-state index in [1.807, 2.05) is 42.5 Å². The molecule has 21 heavy (non-hydrogen) atoms. The predicted octanol–water partition coefficient (Wildman–Crippen LogP) is 5.09. The topological polar surface area (TPSA) is 17.1 Å². The average molecular weight is 280 g/mol. The molecule has 1 nitrogen and oxygen atoms in total. The van der Waals surface area contributed by atoms with E-state index >= 15 is 0 Å². The summed E-state index contributed by atoms with van der Waals surface area (Å²) in [6.07, 6.45) is 4.02. The Morgan fingerprint density at radius 1 is 0.952 bits per heavy atom. The molecule has 2 rings (SSSR count). The number of carbonyl (C=O) groups excluding carboxylic acids is 1. The second-order valence-corrected chi connectivity index (χ2v) is 5.83. The van der Waals surface area contributed by atoms with Gasteiger partial charge < -0.3 is 0 Å². The highest BCUT2D eigenvalue weighted by atomic mass is 16.1. The Morgan fingerprint density at radius 3 is 2.24 bits per heavy atom. The summed E-state index contributed by atoms with van der Waals surface area (Å²) >= 11 is 0. The highest BCUT2D eigenvalue weighted by Crippen LogP contribution is 2.14.